The number of hydrogen-bond acceptors (Lipinski definition) is 7. The molecule has 1 aromatic rings. The van der Waals surface area contributed by atoms with Gasteiger partial charge in [-0.25, -0.2) is 5.01 Å². The van der Waals surface area contributed by atoms with Crippen LogP contribution in [0.3, 0.4) is 0 Å². The average Bonchev–Trinajstić information content (AvgIpc) is 2.69. The van der Waals surface area contributed by atoms with Crippen LogP contribution in [0.4, 0.5) is 11.4 Å². The molecule has 0 unspecified atom stereocenters. The summed E-state index contributed by atoms with van der Waals surface area (Å²) < 4.78 is 10.9. The Kier molecular flexibility index (Phi) is 5.26. The van der Waals surface area contributed by atoms with Crippen LogP contribution in [0.2, 0.25) is 5.02 Å². The molecule has 2 fully saturated rings. The highest BCUT2D eigenvalue weighted by molar-refractivity contribution is 6.33. The Balaban J connectivity index is 1.46. The first-order chi connectivity index (χ1) is 12.3. The fraction of sp³-hybridized carbons (Fsp3) is 0.588. The molecule has 0 spiro atoms. The second-order valence-corrected chi connectivity index (χ2v) is 6.77. The Bertz CT molecular complexity index is 617. The van der Waals surface area contributed by atoms with E-state index >= 15 is 0 Å². The molecule has 0 aliphatic carbocycles. The number of benzene rings is 1. The topological polar surface area (TPSA) is 43.8 Å². The molecule has 1 aromatic carbocycles. The number of ether oxygens (including phenoxy) is 2. The lowest BCUT2D eigenvalue weighted by Gasteiger charge is -2.41. The molecule has 3 aliphatic heterocycles. The van der Waals surface area contributed by atoms with Crippen LogP contribution in [-0.2, 0) is 9.47 Å². The van der Waals surface area contributed by atoms with Crippen molar-refractivity contribution in [2.75, 3.05) is 75.7 Å². The minimum absolute atomic E-state index is 0.647. The number of halogens is 1. The van der Waals surface area contributed by atoms with Crippen LogP contribution in [0.1, 0.15) is 0 Å². The number of rotatable bonds is 3. The molecular formula is C17H24ClN5O2. The van der Waals surface area contributed by atoms with Gasteiger partial charge in [-0.3, -0.25) is 10.0 Å². The standard InChI is InChI=1S/C17H24ClN5O2/c18-16-11-15(1-2-17(16)20-3-7-24-8-4-20)21-12-19-13-23(14-21)22-5-9-25-10-6-22/h1-2,11,13H,3-10,12,14H2. The number of anilines is 2. The summed E-state index contributed by atoms with van der Waals surface area (Å²) in [6.07, 6.45) is 1.92. The molecule has 0 atom stereocenters. The Morgan fingerprint density at radius 3 is 2.36 bits per heavy atom. The predicted octanol–water partition coefficient (Wildman–Crippen LogP) is 1.49. The van der Waals surface area contributed by atoms with Gasteiger partial charge in [0.1, 0.15) is 19.7 Å². The lowest BCUT2D eigenvalue weighted by atomic mass is 10.2. The van der Waals surface area contributed by atoms with Crippen molar-refractivity contribution in [2.24, 2.45) is 4.99 Å². The summed E-state index contributed by atoms with van der Waals surface area (Å²) in [6.45, 7) is 8.05. The third kappa shape index (κ3) is 3.84. The Morgan fingerprint density at radius 1 is 0.920 bits per heavy atom. The van der Waals surface area contributed by atoms with Crippen LogP contribution in [0, 0.1) is 0 Å². The van der Waals surface area contributed by atoms with Gasteiger partial charge >= 0.3 is 0 Å². The molecular weight excluding hydrogens is 342 g/mol. The first-order valence-corrected chi connectivity index (χ1v) is 9.15. The maximum atomic E-state index is 6.58. The van der Waals surface area contributed by atoms with Crippen LogP contribution in [0.25, 0.3) is 0 Å². The van der Waals surface area contributed by atoms with E-state index in [1.807, 2.05) is 12.4 Å². The summed E-state index contributed by atoms with van der Waals surface area (Å²) in [5.74, 6) is 0. The van der Waals surface area contributed by atoms with Crippen LogP contribution in [0.15, 0.2) is 23.2 Å². The molecule has 4 rings (SSSR count). The van der Waals surface area contributed by atoms with Crippen molar-refractivity contribution in [1.29, 1.82) is 0 Å². The van der Waals surface area contributed by atoms with Gasteiger partial charge in [0.25, 0.3) is 0 Å². The molecule has 2 saturated heterocycles. The Morgan fingerprint density at radius 2 is 1.64 bits per heavy atom. The molecule has 3 heterocycles. The van der Waals surface area contributed by atoms with Crippen molar-refractivity contribution in [3.63, 3.8) is 0 Å². The van der Waals surface area contributed by atoms with Crippen molar-refractivity contribution < 1.29 is 9.47 Å². The van der Waals surface area contributed by atoms with Gasteiger partial charge in [-0.15, -0.1) is 0 Å². The summed E-state index contributed by atoms with van der Waals surface area (Å²) in [7, 11) is 0. The number of hydrogen-bond donors (Lipinski definition) is 0. The van der Waals surface area contributed by atoms with E-state index in [0.29, 0.717) is 6.67 Å². The zero-order valence-corrected chi connectivity index (χ0v) is 15.1. The van der Waals surface area contributed by atoms with E-state index in [1.54, 1.807) is 0 Å². The van der Waals surface area contributed by atoms with Gasteiger partial charge in [-0.1, -0.05) is 11.6 Å². The van der Waals surface area contributed by atoms with Crippen LogP contribution >= 0.6 is 11.6 Å². The summed E-state index contributed by atoms with van der Waals surface area (Å²) in [4.78, 5) is 9.02. The maximum absolute atomic E-state index is 6.58. The lowest BCUT2D eigenvalue weighted by Crippen LogP contribution is -2.54. The van der Waals surface area contributed by atoms with Gasteiger partial charge in [-0.05, 0) is 18.2 Å². The first kappa shape index (κ1) is 16.9. The molecule has 0 saturated carbocycles. The third-order valence-corrected chi connectivity index (χ3v) is 5.08. The van der Waals surface area contributed by atoms with Crippen molar-refractivity contribution in [3.05, 3.63) is 23.2 Å². The van der Waals surface area contributed by atoms with Gasteiger partial charge in [0.15, 0.2) is 0 Å². The highest BCUT2D eigenvalue weighted by Gasteiger charge is 2.22. The van der Waals surface area contributed by atoms with E-state index in [1.165, 1.54) is 0 Å². The minimum atomic E-state index is 0.647. The summed E-state index contributed by atoms with van der Waals surface area (Å²) in [5.41, 5.74) is 2.18. The van der Waals surface area contributed by atoms with Gasteiger partial charge in [-0.2, -0.15) is 0 Å². The first-order valence-electron chi connectivity index (χ1n) is 8.78. The van der Waals surface area contributed by atoms with Crippen LogP contribution in [0.5, 0.6) is 0 Å². The molecule has 7 nitrogen and oxygen atoms in total. The maximum Gasteiger partial charge on any atom is 0.113 e. The van der Waals surface area contributed by atoms with Crippen LogP contribution < -0.4 is 9.80 Å². The van der Waals surface area contributed by atoms with Crippen LogP contribution in [-0.4, -0.2) is 82.3 Å². The van der Waals surface area contributed by atoms with Crippen molar-refractivity contribution in [2.45, 2.75) is 0 Å². The van der Waals surface area contributed by atoms with E-state index in [9.17, 15) is 0 Å². The average molecular weight is 366 g/mol. The second kappa shape index (κ2) is 7.78. The van der Waals surface area contributed by atoms with E-state index < -0.39 is 0 Å². The zero-order valence-electron chi connectivity index (χ0n) is 14.3. The highest BCUT2D eigenvalue weighted by Crippen LogP contribution is 2.31. The molecule has 0 bridgehead atoms. The van der Waals surface area contributed by atoms with Crippen molar-refractivity contribution in [1.82, 2.24) is 10.0 Å². The normalized spacial score (nSPS) is 22.5. The fourth-order valence-corrected chi connectivity index (χ4v) is 3.67. The molecule has 8 heteroatoms. The monoisotopic (exact) mass is 365 g/mol. The van der Waals surface area contributed by atoms with E-state index in [4.69, 9.17) is 21.1 Å². The van der Waals surface area contributed by atoms with E-state index in [0.717, 1.165) is 75.7 Å². The van der Waals surface area contributed by atoms with E-state index in [2.05, 4.69) is 36.9 Å². The van der Waals surface area contributed by atoms with E-state index in [-0.39, 0.29) is 0 Å². The minimum Gasteiger partial charge on any atom is -0.379 e. The molecule has 0 amide bonds. The number of aliphatic imine (C=N–C) groups is 1. The van der Waals surface area contributed by atoms with Gasteiger partial charge in [0, 0.05) is 31.9 Å². The fourth-order valence-electron chi connectivity index (χ4n) is 3.38. The molecule has 0 aromatic heterocycles. The summed E-state index contributed by atoms with van der Waals surface area (Å²) in [5, 5.41) is 5.23. The van der Waals surface area contributed by atoms with Crippen molar-refractivity contribution >= 4 is 29.3 Å². The lowest BCUT2D eigenvalue weighted by molar-refractivity contribution is -0.0489. The quantitative estimate of drug-likeness (QED) is 0.808. The van der Waals surface area contributed by atoms with Gasteiger partial charge in [0.05, 0.1) is 37.1 Å². The SMILES string of the molecule is Clc1cc(N2CN=CN(N3CCOCC3)C2)ccc1N1CCOCC1. The molecule has 136 valence electrons. The Labute approximate surface area is 153 Å². The zero-order chi connectivity index (χ0) is 17.1. The Hall–Kier alpha value is -1.54. The molecule has 0 N–H and O–H groups in total. The number of hydrazine groups is 1. The van der Waals surface area contributed by atoms with Gasteiger partial charge in [0.2, 0.25) is 0 Å². The van der Waals surface area contributed by atoms with Crippen molar-refractivity contribution in [3.8, 4) is 0 Å². The number of morpholine rings is 2. The third-order valence-electron chi connectivity index (χ3n) is 4.78. The second-order valence-electron chi connectivity index (χ2n) is 6.36. The summed E-state index contributed by atoms with van der Waals surface area (Å²) in [6, 6.07) is 6.29. The molecule has 0 radical (unpaired) electrons. The van der Waals surface area contributed by atoms with Gasteiger partial charge < -0.3 is 19.3 Å². The summed E-state index contributed by atoms with van der Waals surface area (Å²) >= 11 is 6.58. The number of nitrogens with zero attached hydrogens (tertiary/aromatic N) is 5. The highest BCUT2D eigenvalue weighted by atomic mass is 35.5. The predicted molar refractivity (Wildman–Crippen MR) is 99.4 cm³/mol. The molecule has 25 heavy (non-hydrogen) atoms. The largest absolute Gasteiger partial charge is 0.379 e. The molecule has 3 aliphatic rings. The smallest absolute Gasteiger partial charge is 0.113 e.